The van der Waals surface area contributed by atoms with E-state index in [9.17, 15) is 14.7 Å². The van der Waals surface area contributed by atoms with Crippen molar-refractivity contribution in [3.63, 3.8) is 0 Å². The summed E-state index contributed by atoms with van der Waals surface area (Å²) in [7, 11) is 1.79. The third-order valence-electron chi connectivity index (χ3n) is 8.86. The predicted octanol–water partition coefficient (Wildman–Crippen LogP) is 4.80. The van der Waals surface area contributed by atoms with Crippen molar-refractivity contribution in [3.05, 3.63) is 65.2 Å². The van der Waals surface area contributed by atoms with Crippen molar-refractivity contribution in [2.24, 2.45) is 17.3 Å². The Bertz CT molecular complexity index is 1260. The van der Waals surface area contributed by atoms with Gasteiger partial charge in [0.25, 0.3) is 0 Å². The lowest BCUT2D eigenvalue weighted by atomic mass is 9.60. The van der Waals surface area contributed by atoms with Crippen LogP contribution in [-0.4, -0.2) is 41.2 Å². The highest BCUT2D eigenvalue weighted by Crippen LogP contribution is 2.63. The fourth-order valence-corrected chi connectivity index (χ4v) is 7.14. The largest absolute Gasteiger partial charge is 0.489 e. The number of hydrogen-bond acceptors (Lipinski definition) is 5. The maximum atomic E-state index is 12.7. The van der Waals surface area contributed by atoms with Gasteiger partial charge in [-0.2, -0.15) is 0 Å². The number of methoxy groups -OCH3 is 1. The summed E-state index contributed by atoms with van der Waals surface area (Å²) in [6.07, 6.45) is 8.74. The highest BCUT2D eigenvalue weighted by molar-refractivity contribution is 6.01. The lowest BCUT2D eigenvalue weighted by Gasteiger charge is -2.48. The van der Waals surface area contributed by atoms with Crippen molar-refractivity contribution in [2.75, 3.05) is 7.11 Å². The van der Waals surface area contributed by atoms with E-state index in [4.69, 9.17) is 9.47 Å². The molecule has 2 aromatic rings. The Hall–Kier alpha value is -2.99. The molecule has 4 aliphatic rings. The van der Waals surface area contributed by atoms with Gasteiger partial charge in [0, 0.05) is 49.6 Å². The first-order valence-electron chi connectivity index (χ1n) is 12.1. The van der Waals surface area contributed by atoms with Gasteiger partial charge in [0.05, 0.1) is 17.6 Å². The fraction of sp³-hybridized carbons (Fsp3) is 0.464. The molecular formula is C28H29NO5. The van der Waals surface area contributed by atoms with E-state index >= 15 is 0 Å². The molecule has 1 aromatic heterocycles. The minimum atomic E-state index is -0.933. The van der Waals surface area contributed by atoms with Crippen molar-refractivity contribution in [3.8, 4) is 0 Å². The van der Waals surface area contributed by atoms with Crippen LogP contribution < -0.4 is 0 Å². The number of allylic oxidation sites excluding steroid dienone is 3. The number of ether oxygens (including phenoxy) is 2. The molecule has 2 fully saturated rings. The second-order valence-corrected chi connectivity index (χ2v) is 10.5. The molecule has 0 amide bonds. The van der Waals surface area contributed by atoms with Crippen LogP contribution in [0.25, 0.3) is 10.8 Å². The third kappa shape index (κ3) is 3.08. The normalized spacial score (nSPS) is 34.7. The van der Waals surface area contributed by atoms with Crippen molar-refractivity contribution >= 4 is 22.5 Å². The van der Waals surface area contributed by atoms with E-state index < -0.39 is 11.9 Å². The molecule has 6 nitrogen and oxygen atoms in total. The minimum Gasteiger partial charge on any atom is -0.489 e. The first-order chi connectivity index (χ1) is 16.4. The Balaban J connectivity index is 1.39. The quantitative estimate of drug-likeness (QED) is 0.710. The monoisotopic (exact) mass is 459 g/mol. The van der Waals surface area contributed by atoms with Gasteiger partial charge in [-0.05, 0) is 53.3 Å². The molecule has 1 N–H and O–H groups in total. The number of carbonyl (C=O) groups is 2. The van der Waals surface area contributed by atoms with Crippen LogP contribution in [0, 0.1) is 17.3 Å². The number of benzene rings is 1. The second kappa shape index (κ2) is 7.77. The van der Waals surface area contributed by atoms with Gasteiger partial charge in [-0.1, -0.05) is 25.1 Å². The van der Waals surface area contributed by atoms with E-state index in [0.717, 1.165) is 24.6 Å². The number of aromatic nitrogens is 1. The van der Waals surface area contributed by atoms with Gasteiger partial charge >= 0.3 is 5.97 Å². The van der Waals surface area contributed by atoms with Crippen LogP contribution in [0.15, 0.2) is 59.6 Å². The van der Waals surface area contributed by atoms with Crippen molar-refractivity contribution in [1.29, 1.82) is 0 Å². The molecular weight excluding hydrogens is 430 g/mol. The van der Waals surface area contributed by atoms with Crippen LogP contribution in [0.4, 0.5) is 0 Å². The molecule has 0 bridgehead atoms. The Labute approximate surface area is 198 Å². The molecule has 3 aliphatic carbocycles. The number of carbonyl (C=O) groups excluding carboxylic acids is 1. The first kappa shape index (κ1) is 21.5. The van der Waals surface area contributed by atoms with E-state index in [0.29, 0.717) is 11.3 Å². The summed E-state index contributed by atoms with van der Waals surface area (Å²) >= 11 is 0. The second-order valence-electron chi connectivity index (χ2n) is 10.5. The van der Waals surface area contributed by atoms with Gasteiger partial charge in [0.1, 0.15) is 11.9 Å². The molecule has 6 heteroatoms. The Morgan fingerprint density at radius 3 is 2.91 bits per heavy atom. The van der Waals surface area contributed by atoms with Gasteiger partial charge in [-0.15, -0.1) is 0 Å². The van der Waals surface area contributed by atoms with Crippen LogP contribution in [-0.2, 0) is 19.1 Å². The smallest absolute Gasteiger partial charge is 0.307 e. The average Bonchev–Trinajstić information content (AvgIpc) is 3.15. The topological polar surface area (TPSA) is 85.7 Å². The molecule has 176 valence electrons. The van der Waals surface area contributed by atoms with Crippen LogP contribution in [0.2, 0.25) is 0 Å². The third-order valence-corrected chi connectivity index (χ3v) is 8.86. The number of carboxylic acids is 1. The van der Waals surface area contributed by atoms with Gasteiger partial charge in [0.2, 0.25) is 0 Å². The molecule has 6 rings (SSSR count). The zero-order chi connectivity index (χ0) is 23.6. The van der Waals surface area contributed by atoms with Gasteiger partial charge in [-0.3, -0.25) is 14.6 Å². The number of hydrogen-bond donors (Lipinski definition) is 1. The van der Waals surface area contributed by atoms with Crippen molar-refractivity contribution < 1.29 is 24.2 Å². The zero-order valence-electron chi connectivity index (χ0n) is 19.5. The van der Waals surface area contributed by atoms with Crippen LogP contribution in [0.3, 0.4) is 0 Å². The summed E-state index contributed by atoms with van der Waals surface area (Å²) in [5, 5.41) is 11.9. The number of Topliss-reactive ketones (excluding diaryl/α,β-unsaturated/α-hetero) is 1. The first-order valence-corrected chi connectivity index (χ1v) is 12.1. The van der Waals surface area contributed by atoms with Crippen LogP contribution in [0.1, 0.15) is 50.5 Å². The lowest BCUT2D eigenvalue weighted by Crippen LogP contribution is -2.44. The Morgan fingerprint density at radius 1 is 1.26 bits per heavy atom. The number of carboxylic acid groups (broad SMARTS) is 1. The number of nitrogens with zero attached hydrogens (tertiary/aromatic N) is 1. The molecule has 1 aliphatic heterocycles. The number of pyridine rings is 1. The van der Waals surface area contributed by atoms with E-state index in [1.807, 2.05) is 18.5 Å². The fourth-order valence-electron chi connectivity index (χ4n) is 7.14. The van der Waals surface area contributed by atoms with E-state index in [2.05, 4.69) is 36.2 Å². The highest BCUT2D eigenvalue weighted by Gasteiger charge is 2.59. The number of aliphatic carboxylic acids is 1. The van der Waals surface area contributed by atoms with Crippen LogP contribution in [0.5, 0.6) is 0 Å². The summed E-state index contributed by atoms with van der Waals surface area (Å²) in [6.45, 7) is 2.36. The van der Waals surface area contributed by atoms with E-state index in [-0.39, 0.29) is 48.1 Å². The number of ketones is 1. The summed E-state index contributed by atoms with van der Waals surface area (Å²) in [6, 6.07) is 8.51. The van der Waals surface area contributed by atoms with Gasteiger partial charge in [0.15, 0.2) is 5.78 Å². The van der Waals surface area contributed by atoms with Gasteiger partial charge < -0.3 is 14.6 Å². The van der Waals surface area contributed by atoms with Gasteiger partial charge in [-0.25, -0.2) is 0 Å². The maximum Gasteiger partial charge on any atom is 0.307 e. The summed E-state index contributed by atoms with van der Waals surface area (Å²) < 4.78 is 12.7. The maximum absolute atomic E-state index is 12.7. The zero-order valence-corrected chi connectivity index (χ0v) is 19.5. The predicted molar refractivity (Wildman–Crippen MR) is 126 cm³/mol. The molecule has 2 heterocycles. The molecule has 34 heavy (non-hydrogen) atoms. The molecule has 0 spiro atoms. The van der Waals surface area contributed by atoms with Crippen LogP contribution >= 0.6 is 0 Å². The summed E-state index contributed by atoms with van der Waals surface area (Å²) in [5.74, 6) is -0.768. The molecule has 6 atom stereocenters. The SMILES string of the molecule is CO[C@@H]1C[C@H]2[C@@H]3OC4=C(C=C3CC[C@]2(C)[C@H]1c1cccc2cnccc12)C(=O)CC(C(=O)O)C4. The molecule has 1 unspecified atom stereocenters. The standard InChI is InChI=1S/C28H29NO5/c1-28-8-6-15-10-20-22(30)11-17(27(31)32)12-23(20)34-26(15)21(28)13-24(33-2)25(28)19-5-3-4-16-14-29-9-7-18(16)19/h3-5,7,9-10,14,17,21,24-26H,6,8,11-13H2,1-2H3,(H,31,32)/t17?,21-,24+,25-,26+,28-/m0/s1. The summed E-state index contributed by atoms with van der Waals surface area (Å²) in [5.41, 5.74) is 3.00. The number of fused-ring (bicyclic) bond motifs is 4. The number of rotatable bonds is 3. The van der Waals surface area contributed by atoms with Crippen molar-refractivity contribution in [2.45, 2.75) is 57.2 Å². The summed E-state index contributed by atoms with van der Waals surface area (Å²) in [4.78, 5) is 28.6. The molecule has 0 radical (unpaired) electrons. The average molecular weight is 460 g/mol. The molecule has 1 aromatic carbocycles. The Morgan fingerprint density at radius 2 is 2.12 bits per heavy atom. The molecule has 0 saturated heterocycles. The molecule has 2 saturated carbocycles. The minimum absolute atomic E-state index is 0.0480. The van der Waals surface area contributed by atoms with Crippen molar-refractivity contribution in [1.82, 2.24) is 4.98 Å². The highest BCUT2D eigenvalue weighted by atomic mass is 16.5. The van der Waals surface area contributed by atoms with E-state index in [1.165, 1.54) is 16.5 Å². The Kier molecular flexibility index (Phi) is 4.92. The van der Waals surface area contributed by atoms with E-state index in [1.54, 1.807) is 7.11 Å². The lowest BCUT2D eigenvalue weighted by molar-refractivity contribution is -0.144.